The number of methoxy groups -OCH3 is 1. The van der Waals surface area contributed by atoms with Crippen molar-refractivity contribution in [2.45, 2.75) is 26.8 Å². The van der Waals surface area contributed by atoms with E-state index in [9.17, 15) is 9.59 Å². The summed E-state index contributed by atoms with van der Waals surface area (Å²) >= 11 is 1.44. The number of carboxylic acids is 1. The molecule has 0 aliphatic rings. The number of fused-ring (bicyclic) bond motifs is 1. The van der Waals surface area contributed by atoms with Crippen LogP contribution in [-0.4, -0.2) is 34.3 Å². The molecule has 0 atom stereocenters. The Morgan fingerprint density at radius 1 is 1.23 bits per heavy atom. The highest BCUT2D eigenvalue weighted by Gasteiger charge is 2.19. The highest BCUT2D eigenvalue weighted by atomic mass is 32.1. The number of carbonyl (C=O) groups is 1. The summed E-state index contributed by atoms with van der Waals surface area (Å²) in [6.45, 7) is 4.60. The molecule has 0 radical (unpaired) electrons. The summed E-state index contributed by atoms with van der Waals surface area (Å²) in [5.74, 6) is -0.369. The van der Waals surface area contributed by atoms with Gasteiger partial charge in [-0.2, -0.15) is 0 Å². The van der Waals surface area contributed by atoms with Crippen LogP contribution in [0.1, 0.15) is 33.3 Å². The van der Waals surface area contributed by atoms with Crippen molar-refractivity contribution in [3.05, 3.63) is 74.5 Å². The second kappa shape index (κ2) is 8.49. The van der Waals surface area contributed by atoms with Gasteiger partial charge in [0.25, 0.3) is 5.56 Å². The largest absolute Gasteiger partial charge is 0.475 e. The summed E-state index contributed by atoms with van der Waals surface area (Å²) < 4.78 is 12.1. The first-order valence-corrected chi connectivity index (χ1v) is 10.7. The van der Waals surface area contributed by atoms with Gasteiger partial charge in [-0.3, -0.25) is 9.36 Å². The lowest BCUT2D eigenvalue weighted by molar-refractivity contribution is 0.0660. The van der Waals surface area contributed by atoms with Crippen LogP contribution in [0, 0.1) is 13.8 Å². The van der Waals surface area contributed by atoms with E-state index in [2.05, 4.69) is 13.0 Å². The lowest BCUT2D eigenvalue weighted by Crippen LogP contribution is -2.26. The van der Waals surface area contributed by atoms with E-state index < -0.39 is 5.97 Å². The molecule has 8 heteroatoms. The zero-order valence-electron chi connectivity index (χ0n) is 17.5. The summed E-state index contributed by atoms with van der Waals surface area (Å²) in [6.07, 6.45) is 0.449. The van der Waals surface area contributed by atoms with Crippen molar-refractivity contribution in [2.24, 2.45) is 0 Å². The van der Waals surface area contributed by atoms with E-state index in [4.69, 9.17) is 19.2 Å². The smallest absolute Gasteiger partial charge is 0.371 e. The van der Waals surface area contributed by atoms with E-state index in [1.165, 1.54) is 23.0 Å². The van der Waals surface area contributed by atoms with E-state index in [0.29, 0.717) is 34.8 Å². The highest BCUT2D eigenvalue weighted by Crippen LogP contribution is 2.32. The Bertz CT molecular complexity index is 1330. The number of nitrogens with zero attached hydrogens (tertiary/aromatic N) is 2. The van der Waals surface area contributed by atoms with E-state index in [0.717, 1.165) is 16.7 Å². The molecule has 0 spiro atoms. The third kappa shape index (κ3) is 4.04. The normalized spacial score (nSPS) is 11.3. The maximum Gasteiger partial charge on any atom is 0.371 e. The standard InChI is InChI=1S/C23H22N2O5S/c1-13-4-5-15(10-14(13)2)17-12-31-21-20(17)22(26)25(19(24-21)8-9-29-3)11-16-6-7-18(30-16)23(27)28/h4-7,10,12H,8-9,11H2,1-3H3,(H,27,28). The van der Waals surface area contributed by atoms with Crippen LogP contribution >= 0.6 is 11.3 Å². The lowest BCUT2D eigenvalue weighted by atomic mass is 10.0. The Labute approximate surface area is 182 Å². The quantitative estimate of drug-likeness (QED) is 0.463. The van der Waals surface area contributed by atoms with Gasteiger partial charge in [0.05, 0.1) is 18.5 Å². The molecule has 3 aromatic heterocycles. The highest BCUT2D eigenvalue weighted by molar-refractivity contribution is 7.17. The number of ether oxygens (including phenoxy) is 1. The van der Waals surface area contributed by atoms with Crippen LogP contribution < -0.4 is 5.56 Å². The Morgan fingerprint density at radius 3 is 2.71 bits per heavy atom. The Balaban J connectivity index is 1.87. The fourth-order valence-electron chi connectivity index (χ4n) is 3.47. The van der Waals surface area contributed by atoms with Gasteiger partial charge in [-0.05, 0) is 42.7 Å². The molecule has 0 bridgehead atoms. The predicted molar refractivity (Wildman–Crippen MR) is 119 cm³/mol. The minimum absolute atomic E-state index is 0.0936. The molecule has 160 valence electrons. The van der Waals surface area contributed by atoms with Gasteiger partial charge in [-0.15, -0.1) is 11.3 Å². The van der Waals surface area contributed by atoms with E-state index in [1.807, 2.05) is 24.4 Å². The van der Waals surface area contributed by atoms with Gasteiger partial charge < -0.3 is 14.3 Å². The molecule has 1 aromatic carbocycles. The van der Waals surface area contributed by atoms with E-state index in [-0.39, 0.29) is 17.9 Å². The zero-order chi connectivity index (χ0) is 22.1. The van der Waals surface area contributed by atoms with Crippen LogP contribution in [0.15, 0.2) is 44.9 Å². The SMILES string of the molecule is COCCc1nc2scc(-c3ccc(C)c(C)c3)c2c(=O)n1Cc1ccc(C(=O)O)o1. The van der Waals surface area contributed by atoms with Crippen molar-refractivity contribution in [1.82, 2.24) is 9.55 Å². The van der Waals surface area contributed by atoms with Crippen LogP contribution in [0.2, 0.25) is 0 Å². The van der Waals surface area contributed by atoms with Gasteiger partial charge in [0.1, 0.15) is 16.4 Å². The van der Waals surface area contributed by atoms with Gasteiger partial charge >= 0.3 is 5.97 Å². The maximum atomic E-state index is 13.6. The second-order valence-corrected chi connectivity index (χ2v) is 8.22. The molecule has 31 heavy (non-hydrogen) atoms. The lowest BCUT2D eigenvalue weighted by Gasteiger charge is -2.12. The first-order valence-electron chi connectivity index (χ1n) is 9.78. The molecule has 0 amide bonds. The van der Waals surface area contributed by atoms with Crippen molar-refractivity contribution < 1.29 is 19.1 Å². The van der Waals surface area contributed by atoms with Crippen LogP contribution in [0.4, 0.5) is 0 Å². The predicted octanol–water partition coefficient (Wildman–Crippen LogP) is 4.27. The number of furan rings is 1. The Kier molecular flexibility index (Phi) is 5.75. The summed E-state index contributed by atoms with van der Waals surface area (Å²) in [7, 11) is 1.59. The van der Waals surface area contributed by atoms with Crippen LogP contribution in [-0.2, 0) is 17.7 Å². The minimum Gasteiger partial charge on any atom is -0.475 e. The molecule has 0 fully saturated rings. The number of hydrogen-bond acceptors (Lipinski definition) is 6. The van der Waals surface area contributed by atoms with Gasteiger partial charge in [0.15, 0.2) is 0 Å². The van der Waals surface area contributed by atoms with Gasteiger partial charge in [-0.1, -0.05) is 18.2 Å². The van der Waals surface area contributed by atoms with Crippen LogP contribution in [0.3, 0.4) is 0 Å². The summed E-state index contributed by atoms with van der Waals surface area (Å²) in [4.78, 5) is 30.2. The van der Waals surface area contributed by atoms with Gasteiger partial charge in [-0.25, -0.2) is 9.78 Å². The molecule has 0 saturated carbocycles. The van der Waals surface area contributed by atoms with Crippen molar-refractivity contribution in [1.29, 1.82) is 0 Å². The maximum absolute atomic E-state index is 13.6. The zero-order valence-corrected chi connectivity index (χ0v) is 18.3. The number of thiophene rings is 1. The first-order chi connectivity index (χ1) is 14.9. The van der Waals surface area contributed by atoms with E-state index >= 15 is 0 Å². The van der Waals surface area contributed by atoms with Crippen molar-refractivity contribution >= 4 is 27.5 Å². The first kappa shape index (κ1) is 21.0. The van der Waals surface area contributed by atoms with Crippen molar-refractivity contribution in [2.75, 3.05) is 13.7 Å². The summed E-state index contributed by atoms with van der Waals surface area (Å²) in [5.41, 5.74) is 3.97. The molecule has 3 heterocycles. The molecule has 4 rings (SSSR count). The second-order valence-electron chi connectivity index (χ2n) is 7.36. The molecule has 0 aliphatic carbocycles. The fourth-order valence-corrected chi connectivity index (χ4v) is 4.43. The number of benzene rings is 1. The minimum atomic E-state index is -1.15. The molecule has 4 aromatic rings. The summed E-state index contributed by atoms with van der Waals surface area (Å²) in [5, 5.41) is 11.6. The molecular weight excluding hydrogens is 416 g/mol. The van der Waals surface area contributed by atoms with Crippen LogP contribution in [0.25, 0.3) is 21.3 Å². The molecule has 0 aliphatic heterocycles. The number of aromatic nitrogens is 2. The number of hydrogen-bond donors (Lipinski definition) is 1. The average Bonchev–Trinajstić information content (AvgIpc) is 3.38. The van der Waals surface area contributed by atoms with Gasteiger partial charge in [0, 0.05) is 24.5 Å². The van der Waals surface area contributed by atoms with E-state index in [1.54, 1.807) is 17.7 Å². The van der Waals surface area contributed by atoms with Crippen molar-refractivity contribution in [3.63, 3.8) is 0 Å². The number of aryl methyl sites for hydroxylation is 2. The number of rotatable bonds is 7. The third-order valence-electron chi connectivity index (χ3n) is 5.31. The summed E-state index contributed by atoms with van der Waals surface area (Å²) in [6, 6.07) is 9.08. The topological polar surface area (TPSA) is 94.6 Å². The Hall–Kier alpha value is -3.23. The average molecular weight is 439 g/mol. The Morgan fingerprint density at radius 2 is 2.03 bits per heavy atom. The molecule has 0 saturated heterocycles. The number of aromatic carboxylic acids is 1. The van der Waals surface area contributed by atoms with Crippen molar-refractivity contribution in [3.8, 4) is 11.1 Å². The van der Waals surface area contributed by atoms with Gasteiger partial charge in [0.2, 0.25) is 5.76 Å². The fraction of sp³-hybridized carbons (Fsp3) is 0.261. The number of carboxylic acid groups (broad SMARTS) is 1. The molecule has 1 N–H and O–H groups in total. The molecular formula is C23H22N2O5S. The monoisotopic (exact) mass is 438 g/mol. The third-order valence-corrected chi connectivity index (χ3v) is 6.18. The molecule has 7 nitrogen and oxygen atoms in total. The van der Waals surface area contributed by atoms with Crippen LogP contribution in [0.5, 0.6) is 0 Å². The molecule has 0 unspecified atom stereocenters.